The van der Waals surface area contributed by atoms with Crippen LogP contribution in [0.5, 0.6) is 11.5 Å². The van der Waals surface area contributed by atoms with Crippen LogP contribution in [-0.2, 0) is 16.6 Å². The zero-order chi connectivity index (χ0) is 17.6. The predicted octanol–water partition coefficient (Wildman–Crippen LogP) is 4.70. The first-order chi connectivity index (χ1) is 11.4. The Morgan fingerprint density at radius 1 is 1.04 bits per heavy atom. The van der Waals surface area contributed by atoms with Crippen LogP contribution in [0.1, 0.15) is 31.9 Å². The number of para-hydroxylation sites is 2. The second kappa shape index (κ2) is 7.82. The smallest absolute Gasteiger partial charge is 0.349 e. The van der Waals surface area contributed by atoms with Gasteiger partial charge in [0.1, 0.15) is 11.5 Å². The van der Waals surface area contributed by atoms with Crippen LogP contribution in [-0.4, -0.2) is 12.6 Å². The van der Waals surface area contributed by atoms with Crippen LogP contribution < -0.4 is 9.47 Å². The molecule has 0 bridgehead atoms. The maximum Gasteiger partial charge on any atom is 0.349 e. The number of benzene rings is 2. The summed E-state index contributed by atoms with van der Waals surface area (Å²) in [5.74, 6) is 0.844. The molecular formula is C21H24O3. The van der Waals surface area contributed by atoms with Crippen molar-refractivity contribution in [2.24, 2.45) is 0 Å². The minimum absolute atomic E-state index is 0.103. The van der Waals surface area contributed by atoms with E-state index in [0.29, 0.717) is 17.9 Å². The molecule has 0 heterocycles. The van der Waals surface area contributed by atoms with Crippen molar-refractivity contribution in [3.05, 3.63) is 72.3 Å². The maximum atomic E-state index is 12.2. The highest BCUT2D eigenvalue weighted by Gasteiger charge is 2.20. The summed E-state index contributed by atoms with van der Waals surface area (Å²) in [5, 5.41) is 0. The van der Waals surface area contributed by atoms with Gasteiger partial charge in [-0.1, -0.05) is 63.2 Å². The Balaban J connectivity index is 2.04. The molecule has 0 aromatic heterocycles. The van der Waals surface area contributed by atoms with Crippen LogP contribution in [0.2, 0.25) is 0 Å². The van der Waals surface area contributed by atoms with Crippen molar-refractivity contribution in [1.29, 1.82) is 0 Å². The first-order valence-corrected chi connectivity index (χ1v) is 8.03. The summed E-state index contributed by atoms with van der Waals surface area (Å²) in [6.45, 7) is 9.86. The molecule has 0 N–H and O–H groups in total. The third-order valence-electron chi connectivity index (χ3n) is 3.60. The Kier molecular flexibility index (Phi) is 5.80. The fourth-order valence-corrected chi connectivity index (χ4v) is 2.43. The summed E-state index contributed by atoms with van der Waals surface area (Å²) in [6, 6.07) is 15.2. The normalized spacial score (nSPS) is 11.0. The molecule has 0 fully saturated rings. The van der Waals surface area contributed by atoms with E-state index >= 15 is 0 Å². The number of allylic oxidation sites excluding steroid dienone is 1. The highest BCUT2D eigenvalue weighted by atomic mass is 16.6. The summed E-state index contributed by atoms with van der Waals surface area (Å²) < 4.78 is 11.1. The average molecular weight is 324 g/mol. The van der Waals surface area contributed by atoms with E-state index in [-0.39, 0.29) is 12.0 Å². The fraction of sp³-hybridized carbons (Fsp3) is 0.286. The van der Waals surface area contributed by atoms with Gasteiger partial charge in [0.05, 0.1) is 0 Å². The van der Waals surface area contributed by atoms with E-state index in [1.54, 1.807) is 6.08 Å². The molecule has 2 aromatic rings. The SMILES string of the molecule is C=CCc1ccccc1OCC(=O)Oc1ccccc1C(C)(C)C. The molecule has 3 nitrogen and oxygen atoms in total. The minimum atomic E-state index is -0.417. The van der Waals surface area contributed by atoms with Crippen LogP contribution in [0.15, 0.2) is 61.2 Å². The topological polar surface area (TPSA) is 35.5 Å². The quantitative estimate of drug-likeness (QED) is 0.439. The molecule has 0 saturated carbocycles. The number of hydrogen-bond acceptors (Lipinski definition) is 3. The minimum Gasteiger partial charge on any atom is -0.482 e. The maximum absolute atomic E-state index is 12.2. The van der Waals surface area contributed by atoms with Gasteiger partial charge in [-0.15, -0.1) is 6.58 Å². The Labute approximate surface area is 143 Å². The van der Waals surface area contributed by atoms with E-state index in [9.17, 15) is 4.79 Å². The predicted molar refractivity (Wildman–Crippen MR) is 96.6 cm³/mol. The van der Waals surface area contributed by atoms with Crippen molar-refractivity contribution in [2.75, 3.05) is 6.61 Å². The number of hydrogen-bond donors (Lipinski definition) is 0. The zero-order valence-electron chi connectivity index (χ0n) is 14.5. The molecule has 0 saturated heterocycles. The van der Waals surface area contributed by atoms with Crippen molar-refractivity contribution in [2.45, 2.75) is 32.6 Å². The lowest BCUT2D eigenvalue weighted by Gasteiger charge is -2.22. The molecule has 0 amide bonds. The summed E-state index contributed by atoms with van der Waals surface area (Å²) >= 11 is 0. The number of ether oxygens (including phenoxy) is 2. The Morgan fingerprint density at radius 3 is 2.33 bits per heavy atom. The molecule has 24 heavy (non-hydrogen) atoms. The Bertz CT molecular complexity index is 711. The third kappa shape index (κ3) is 4.72. The number of carbonyl (C=O) groups excluding carboxylic acids is 1. The van der Waals surface area contributed by atoms with Gasteiger partial charge in [-0.05, 0) is 29.5 Å². The van der Waals surface area contributed by atoms with Crippen molar-refractivity contribution in [1.82, 2.24) is 0 Å². The monoisotopic (exact) mass is 324 g/mol. The van der Waals surface area contributed by atoms with Crippen molar-refractivity contribution >= 4 is 5.97 Å². The molecule has 0 aliphatic rings. The number of esters is 1. The van der Waals surface area contributed by atoms with Gasteiger partial charge in [-0.2, -0.15) is 0 Å². The van der Waals surface area contributed by atoms with E-state index in [1.165, 1.54) is 0 Å². The highest BCUT2D eigenvalue weighted by molar-refractivity contribution is 5.74. The molecule has 3 heteroatoms. The summed E-state index contributed by atoms with van der Waals surface area (Å²) in [6.07, 6.45) is 2.50. The largest absolute Gasteiger partial charge is 0.482 e. The molecule has 0 aliphatic heterocycles. The molecule has 0 spiro atoms. The highest BCUT2D eigenvalue weighted by Crippen LogP contribution is 2.31. The fourth-order valence-electron chi connectivity index (χ4n) is 2.43. The second-order valence-electron chi connectivity index (χ2n) is 6.61. The van der Waals surface area contributed by atoms with Gasteiger partial charge < -0.3 is 9.47 Å². The lowest BCUT2D eigenvalue weighted by Crippen LogP contribution is -2.21. The van der Waals surface area contributed by atoms with Gasteiger partial charge in [-0.3, -0.25) is 0 Å². The first kappa shape index (κ1) is 17.8. The molecule has 0 unspecified atom stereocenters. The van der Waals surface area contributed by atoms with Crippen molar-refractivity contribution in [3.63, 3.8) is 0 Å². The summed E-state index contributed by atoms with van der Waals surface area (Å²) in [7, 11) is 0. The molecule has 2 rings (SSSR count). The van der Waals surface area contributed by atoms with Crippen LogP contribution in [0.4, 0.5) is 0 Å². The molecule has 126 valence electrons. The Morgan fingerprint density at radius 2 is 1.67 bits per heavy atom. The zero-order valence-corrected chi connectivity index (χ0v) is 14.5. The van der Waals surface area contributed by atoms with Crippen LogP contribution in [0.3, 0.4) is 0 Å². The van der Waals surface area contributed by atoms with Gasteiger partial charge in [0.2, 0.25) is 0 Å². The van der Waals surface area contributed by atoms with Crippen LogP contribution >= 0.6 is 0 Å². The van der Waals surface area contributed by atoms with E-state index < -0.39 is 5.97 Å². The molecular weight excluding hydrogens is 300 g/mol. The number of rotatable bonds is 6. The van der Waals surface area contributed by atoms with Gasteiger partial charge in [0.15, 0.2) is 6.61 Å². The van der Waals surface area contributed by atoms with Crippen LogP contribution in [0, 0.1) is 0 Å². The van der Waals surface area contributed by atoms with Gasteiger partial charge in [-0.25, -0.2) is 4.79 Å². The Hall–Kier alpha value is -2.55. The first-order valence-electron chi connectivity index (χ1n) is 8.03. The second-order valence-corrected chi connectivity index (χ2v) is 6.61. The van der Waals surface area contributed by atoms with Crippen molar-refractivity contribution < 1.29 is 14.3 Å². The van der Waals surface area contributed by atoms with Crippen LogP contribution in [0.25, 0.3) is 0 Å². The van der Waals surface area contributed by atoms with Gasteiger partial charge >= 0.3 is 5.97 Å². The molecule has 0 radical (unpaired) electrons. The van der Waals surface area contributed by atoms with Gasteiger partial charge in [0.25, 0.3) is 0 Å². The average Bonchev–Trinajstić information content (AvgIpc) is 2.54. The number of carbonyl (C=O) groups is 1. The standard InChI is InChI=1S/C21H24O3/c1-5-10-16-11-6-8-13-18(16)23-15-20(22)24-19-14-9-7-12-17(19)21(2,3)4/h5-9,11-14H,1,10,15H2,2-4H3. The van der Waals surface area contributed by atoms with E-state index in [4.69, 9.17) is 9.47 Å². The summed E-state index contributed by atoms with van der Waals surface area (Å²) in [5.41, 5.74) is 1.88. The van der Waals surface area contributed by atoms with E-state index in [2.05, 4.69) is 27.4 Å². The lowest BCUT2D eigenvalue weighted by molar-refractivity contribution is -0.136. The summed E-state index contributed by atoms with van der Waals surface area (Å²) in [4.78, 5) is 12.2. The van der Waals surface area contributed by atoms with Gasteiger partial charge in [0, 0.05) is 5.56 Å². The molecule has 0 atom stereocenters. The lowest BCUT2D eigenvalue weighted by atomic mass is 9.86. The third-order valence-corrected chi connectivity index (χ3v) is 3.60. The van der Waals surface area contributed by atoms with Crippen molar-refractivity contribution in [3.8, 4) is 11.5 Å². The molecule has 0 aliphatic carbocycles. The van der Waals surface area contributed by atoms with E-state index in [0.717, 1.165) is 11.1 Å². The van der Waals surface area contributed by atoms with E-state index in [1.807, 2.05) is 48.5 Å². The molecule has 2 aromatic carbocycles.